The maximum absolute atomic E-state index is 12.4. The predicted molar refractivity (Wildman–Crippen MR) is 155 cm³/mol. The number of fused-ring (bicyclic) bond motifs is 1. The van der Waals surface area contributed by atoms with Gasteiger partial charge in [-0.2, -0.15) is 5.10 Å². The van der Waals surface area contributed by atoms with Gasteiger partial charge in [-0.1, -0.05) is 66.2 Å². The number of benzene rings is 3. The molecule has 2 N–H and O–H groups in total. The van der Waals surface area contributed by atoms with Crippen molar-refractivity contribution in [1.29, 1.82) is 0 Å². The molecule has 5 rings (SSSR count). The average molecular weight is 525 g/mol. The zero-order valence-electron chi connectivity index (χ0n) is 22.0. The smallest absolute Gasteiger partial charge is 0.411 e. The van der Waals surface area contributed by atoms with Crippen LogP contribution in [0.3, 0.4) is 0 Å². The van der Waals surface area contributed by atoms with Crippen LogP contribution in [0.15, 0.2) is 77.9 Å². The number of carbonyl (C=O) groups is 1. The lowest BCUT2D eigenvalue weighted by atomic mass is 10.1. The molecule has 200 valence electrons. The van der Waals surface area contributed by atoms with E-state index in [9.17, 15) is 4.79 Å². The van der Waals surface area contributed by atoms with Crippen molar-refractivity contribution in [3.8, 4) is 0 Å². The Morgan fingerprint density at radius 3 is 2.74 bits per heavy atom. The summed E-state index contributed by atoms with van der Waals surface area (Å²) in [6.45, 7) is 5.14. The molecule has 1 fully saturated rings. The Labute approximate surface area is 227 Å². The summed E-state index contributed by atoms with van der Waals surface area (Å²) in [6.07, 6.45) is 2.42. The van der Waals surface area contributed by atoms with Gasteiger partial charge in [-0.05, 0) is 30.4 Å². The summed E-state index contributed by atoms with van der Waals surface area (Å²) in [6, 6.07) is 23.7. The second kappa shape index (κ2) is 12.8. The maximum Gasteiger partial charge on any atom is 0.411 e. The van der Waals surface area contributed by atoms with Gasteiger partial charge in [0.05, 0.1) is 31.7 Å². The minimum Gasteiger partial charge on any atom is -0.449 e. The van der Waals surface area contributed by atoms with Gasteiger partial charge in [0.1, 0.15) is 11.6 Å². The van der Waals surface area contributed by atoms with Crippen molar-refractivity contribution >= 4 is 40.4 Å². The van der Waals surface area contributed by atoms with Crippen LogP contribution in [0, 0.1) is 6.92 Å². The van der Waals surface area contributed by atoms with Crippen molar-refractivity contribution in [3.63, 3.8) is 0 Å². The fraction of sp³-hybridized carbons (Fsp3) is 0.267. The summed E-state index contributed by atoms with van der Waals surface area (Å²) < 4.78 is 10.9. The summed E-state index contributed by atoms with van der Waals surface area (Å²) in [5.74, 6) is 2.09. The first kappa shape index (κ1) is 26.1. The van der Waals surface area contributed by atoms with Crippen LogP contribution < -0.4 is 15.6 Å². The van der Waals surface area contributed by atoms with Crippen LogP contribution >= 0.6 is 0 Å². The summed E-state index contributed by atoms with van der Waals surface area (Å²) in [4.78, 5) is 24.0. The Kier molecular flexibility index (Phi) is 8.60. The highest BCUT2D eigenvalue weighted by Gasteiger charge is 2.15. The Bertz CT molecular complexity index is 1450. The third kappa shape index (κ3) is 7.30. The van der Waals surface area contributed by atoms with Gasteiger partial charge in [-0.15, -0.1) is 0 Å². The van der Waals surface area contributed by atoms with Gasteiger partial charge >= 0.3 is 6.09 Å². The number of nitrogens with one attached hydrogen (secondary N) is 2. The number of anilines is 3. The van der Waals surface area contributed by atoms with Crippen LogP contribution in [0.5, 0.6) is 0 Å². The van der Waals surface area contributed by atoms with Crippen LogP contribution in [-0.2, 0) is 15.9 Å². The molecule has 1 amide bonds. The molecule has 0 radical (unpaired) electrons. The van der Waals surface area contributed by atoms with Gasteiger partial charge in [-0.3, -0.25) is 10.7 Å². The second-order valence-electron chi connectivity index (χ2n) is 9.30. The molecule has 0 saturated carbocycles. The number of aryl methyl sites for hydroxylation is 2. The minimum absolute atomic E-state index is 0.246. The van der Waals surface area contributed by atoms with Crippen molar-refractivity contribution in [2.75, 3.05) is 48.6 Å². The SMILES string of the molecule is Cc1cccc(/C=N/Nc2cc(N3CCOCC3)nc(CCCOC(=O)Nc3cccc4ccccc34)n2)c1. The number of hydrazone groups is 1. The molecule has 2 heterocycles. The molecule has 1 aliphatic heterocycles. The van der Waals surface area contributed by atoms with Gasteiger partial charge in [-0.25, -0.2) is 14.8 Å². The summed E-state index contributed by atoms with van der Waals surface area (Å²) in [7, 11) is 0. The summed E-state index contributed by atoms with van der Waals surface area (Å²) in [5, 5.41) is 9.25. The van der Waals surface area contributed by atoms with E-state index in [0.717, 1.165) is 40.9 Å². The molecule has 0 spiro atoms. The minimum atomic E-state index is -0.484. The summed E-state index contributed by atoms with van der Waals surface area (Å²) >= 11 is 0. The monoisotopic (exact) mass is 524 g/mol. The highest BCUT2D eigenvalue weighted by atomic mass is 16.5. The van der Waals surface area contributed by atoms with Gasteiger partial charge < -0.3 is 14.4 Å². The molecule has 1 aromatic heterocycles. The molecule has 1 aliphatic rings. The van der Waals surface area contributed by atoms with E-state index < -0.39 is 6.09 Å². The molecule has 0 bridgehead atoms. The number of aromatic nitrogens is 2. The van der Waals surface area contributed by atoms with E-state index in [1.807, 2.05) is 73.7 Å². The van der Waals surface area contributed by atoms with E-state index in [2.05, 4.69) is 31.8 Å². The molecular formula is C30H32N6O3. The van der Waals surface area contributed by atoms with E-state index in [1.165, 1.54) is 5.56 Å². The standard InChI is InChI=1S/C30H32N6O3/c1-22-7-4-8-23(19-22)21-31-35-28-20-29(36-14-17-38-18-15-36)34-27(33-28)13-6-16-39-30(37)32-26-12-5-10-24-9-2-3-11-25(24)26/h2-5,7-12,19-21H,6,13-18H2,1H3,(H,32,37)(H,33,34,35)/b31-21+. The van der Waals surface area contributed by atoms with Gasteiger partial charge in [0.2, 0.25) is 0 Å². The van der Waals surface area contributed by atoms with E-state index in [0.29, 0.717) is 37.7 Å². The van der Waals surface area contributed by atoms with Crippen molar-refractivity contribution in [3.05, 3.63) is 89.7 Å². The van der Waals surface area contributed by atoms with Crippen LogP contribution in [0.1, 0.15) is 23.4 Å². The number of nitrogens with zero attached hydrogens (tertiary/aromatic N) is 4. The normalized spacial score (nSPS) is 13.5. The highest BCUT2D eigenvalue weighted by Crippen LogP contribution is 2.23. The lowest BCUT2D eigenvalue weighted by Gasteiger charge is -2.28. The first-order valence-corrected chi connectivity index (χ1v) is 13.1. The van der Waals surface area contributed by atoms with Gasteiger partial charge in [0.15, 0.2) is 5.82 Å². The van der Waals surface area contributed by atoms with Crippen molar-refractivity contribution in [2.24, 2.45) is 5.10 Å². The Morgan fingerprint density at radius 1 is 1.05 bits per heavy atom. The Balaban J connectivity index is 1.19. The zero-order chi connectivity index (χ0) is 26.9. The van der Waals surface area contributed by atoms with Crippen molar-refractivity contribution in [1.82, 2.24) is 9.97 Å². The number of amides is 1. The van der Waals surface area contributed by atoms with Crippen molar-refractivity contribution in [2.45, 2.75) is 19.8 Å². The lowest BCUT2D eigenvalue weighted by molar-refractivity contribution is 0.122. The molecule has 4 aromatic rings. The number of rotatable bonds is 9. The van der Waals surface area contributed by atoms with E-state index in [1.54, 1.807) is 6.21 Å². The molecule has 39 heavy (non-hydrogen) atoms. The first-order chi connectivity index (χ1) is 19.1. The first-order valence-electron chi connectivity index (χ1n) is 13.1. The maximum atomic E-state index is 12.4. The number of hydrogen-bond acceptors (Lipinski definition) is 8. The van der Waals surface area contributed by atoms with Crippen LogP contribution in [0.2, 0.25) is 0 Å². The highest BCUT2D eigenvalue weighted by molar-refractivity contribution is 6.00. The second-order valence-corrected chi connectivity index (χ2v) is 9.30. The fourth-order valence-electron chi connectivity index (χ4n) is 4.41. The van der Waals surface area contributed by atoms with Gasteiger partial charge in [0.25, 0.3) is 0 Å². The molecule has 9 nitrogen and oxygen atoms in total. The molecule has 9 heteroatoms. The quantitative estimate of drug-likeness (QED) is 0.172. The van der Waals surface area contributed by atoms with E-state index >= 15 is 0 Å². The summed E-state index contributed by atoms with van der Waals surface area (Å²) in [5.41, 5.74) is 5.95. The predicted octanol–water partition coefficient (Wildman–Crippen LogP) is 5.40. The lowest BCUT2D eigenvalue weighted by Crippen LogP contribution is -2.37. The largest absolute Gasteiger partial charge is 0.449 e. The molecular weight excluding hydrogens is 492 g/mol. The average Bonchev–Trinajstić information content (AvgIpc) is 2.96. The zero-order valence-corrected chi connectivity index (χ0v) is 22.0. The van der Waals surface area contributed by atoms with Crippen LogP contribution in [0.25, 0.3) is 10.8 Å². The third-order valence-electron chi connectivity index (χ3n) is 6.33. The van der Waals surface area contributed by atoms with E-state index in [4.69, 9.17) is 14.5 Å². The number of carbonyl (C=O) groups excluding carboxylic acids is 1. The fourth-order valence-corrected chi connectivity index (χ4v) is 4.41. The van der Waals surface area contributed by atoms with Crippen LogP contribution in [-0.4, -0.2) is 55.2 Å². The van der Waals surface area contributed by atoms with E-state index in [-0.39, 0.29) is 6.61 Å². The Morgan fingerprint density at radius 2 is 1.87 bits per heavy atom. The van der Waals surface area contributed by atoms with Gasteiger partial charge in [0, 0.05) is 31.0 Å². The number of hydrogen-bond donors (Lipinski definition) is 2. The molecule has 0 aliphatic carbocycles. The topological polar surface area (TPSA) is 101 Å². The molecule has 3 aromatic carbocycles. The molecule has 0 atom stereocenters. The number of ether oxygens (including phenoxy) is 2. The third-order valence-corrected chi connectivity index (χ3v) is 6.33. The van der Waals surface area contributed by atoms with Crippen LogP contribution in [0.4, 0.5) is 22.1 Å². The number of morpholine rings is 1. The van der Waals surface area contributed by atoms with Crippen molar-refractivity contribution < 1.29 is 14.3 Å². The molecule has 1 saturated heterocycles. The Hall–Kier alpha value is -4.50. The molecule has 0 unspecified atom stereocenters.